The van der Waals surface area contributed by atoms with E-state index in [1.807, 2.05) is 12.1 Å². The zero-order valence-electron chi connectivity index (χ0n) is 32.7. The van der Waals surface area contributed by atoms with Crippen LogP contribution >= 0.6 is 11.6 Å². The maximum absolute atomic E-state index is 13.4. The van der Waals surface area contributed by atoms with Crippen LogP contribution in [0.25, 0.3) is 0 Å². The van der Waals surface area contributed by atoms with Crippen LogP contribution in [-0.2, 0) is 9.59 Å². The molecule has 0 radical (unpaired) electrons. The van der Waals surface area contributed by atoms with E-state index < -0.39 is 29.7 Å². The van der Waals surface area contributed by atoms with Gasteiger partial charge in [0.1, 0.15) is 17.9 Å². The predicted octanol–water partition coefficient (Wildman–Crippen LogP) is 4.09. The zero-order chi connectivity index (χ0) is 40.8. The third-order valence-corrected chi connectivity index (χ3v) is 13.6. The van der Waals surface area contributed by atoms with E-state index in [0.717, 1.165) is 107 Å². The van der Waals surface area contributed by atoms with Gasteiger partial charge in [0.05, 0.1) is 27.8 Å². The number of imide groups is 2. The molecule has 2 aromatic carbocycles. The molecular weight excluding hydrogens is 774 g/mol. The van der Waals surface area contributed by atoms with Gasteiger partial charge in [-0.05, 0) is 106 Å². The number of benzene rings is 2. The quantitative estimate of drug-likeness (QED) is 0.311. The summed E-state index contributed by atoms with van der Waals surface area (Å²) >= 11 is 6.15. The van der Waals surface area contributed by atoms with E-state index in [1.54, 1.807) is 36.4 Å². The van der Waals surface area contributed by atoms with E-state index in [2.05, 4.69) is 41.6 Å². The minimum atomic E-state index is -0.970. The molecular formula is C43H46ClN9O6. The number of hydrogen-bond acceptors (Lipinski definition) is 12. The normalized spacial score (nSPS) is 24.7. The third kappa shape index (κ3) is 7.71. The van der Waals surface area contributed by atoms with Crippen molar-refractivity contribution in [3.8, 4) is 11.8 Å². The average molecular weight is 820 g/mol. The number of carbonyl (C=O) groups excluding carboxylic acids is 5. The van der Waals surface area contributed by atoms with Gasteiger partial charge in [0.2, 0.25) is 11.8 Å². The van der Waals surface area contributed by atoms with E-state index in [-0.39, 0.29) is 36.3 Å². The number of ether oxygens (including phenoxy) is 1. The Morgan fingerprint density at radius 3 is 2.27 bits per heavy atom. The Balaban J connectivity index is 0.699. The van der Waals surface area contributed by atoms with Crippen molar-refractivity contribution in [2.45, 2.75) is 88.4 Å². The Bertz CT molecular complexity index is 2210. The van der Waals surface area contributed by atoms with Gasteiger partial charge in [-0.2, -0.15) is 5.26 Å². The Morgan fingerprint density at radius 1 is 0.847 bits per heavy atom. The van der Waals surface area contributed by atoms with Gasteiger partial charge in [-0.15, -0.1) is 10.2 Å². The summed E-state index contributed by atoms with van der Waals surface area (Å²) < 4.78 is 6.08. The van der Waals surface area contributed by atoms with Gasteiger partial charge in [0, 0.05) is 69.5 Å². The van der Waals surface area contributed by atoms with Crippen LogP contribution < -0.4 is 25.2 Å². The Kier molecular flexibility index (Phi) is 10.5. The second kappa shape index (κ2) is 15.9. The number of nitrogens with zero attached hydrogens (tertiary/aromatic N) is 7. The Morgan fingerprint density at radius 2 is 1.59 bits per heavy atom. The minimum Gasteiger partial charge on any atom is -0.490 e. The summed E-state index contributed by atoms with van der Waals surface area (Å²) in [7, 11) is 0. The fraction of sp³-hybridized carbons (Fsp3) is 0.488. The van der Waals surface area contributed by atoms with Crippen LogP contribution in [0.4, 0.5) is 11.5 Å². The summed E-state index contributed by atoms with van der Waals surface area (Å²) in [5.74, 6) is -0.751. The maximum Gasteiger partial charge on any atom is 0.272 e. The first-order valence-corrected chi connectivity index (χ1v) is 21.0. The molecule has 1 saturated carbocycles. The number of nitrogens with one attached hydrogen (secondary N) is 2. The van der Waals surface area contributed by atoms with Crippen molar-refractivity contribution in [1.82, 2.24) is 30.6 Å². The van der Waals surface area contributed by atoms with Gasteiger partial charge >= 0.3 is 0 Å². The second-order valence-electron chi connectivity index (χ2n) is 16.9. The number of hydrogen-bond donors (Lipinski definition) is 2. The van der Waals surface area contributed by atoms with Crippen LogP contribution in [0, 0.1) is 16.7 Å². The maximum atomic E-state index is 13.4. The molecule has 5 aliphatic heterocycles. The fourth-order valence-corrected chi connectivity index (χ4v) is 10.0. The first-order chi connectivity index (χ1) is 28.6. The summed E-state index contributed by atoms with van der Waals surface area (Å²) in [4.78, 5) is 71.8. The summed E-state index contributed by atoms with van der Waals surface area (Å²) in [5, 5.41) is 23.6. The first-order valence-electron chi connectivity index (χ1n) is 20.7. The van der Waals surface area contributed by atoms with Crippen molar-refractivity contribution in [2.24, 2.45) is 5.41 Å². The van der Waals surface area contributed by atoms with Crippen molar-refractivity contribution in [1.29, 1.82) is 5.26 Å². The molecule has 0 bridgehead atoms. The van der Waals surface area contributed by atoms with Gasteiger partial charge in [-0.1, -0.05) is 11.6 Å². The van der Waals surface area contributed by atoms with Gasteiger partial charge in [0.25, 0.3) is 17.7 Å². The van der Waals surface area contributed by atoms with Crippen molar-refractivity contribution in [2.75, 3.05) is 49.1 Å². The Labute approximate surface area is 347 Å². The lowest BCUT2D eigenvalue weighted by Gasteiger charge is -2.57. The number of piperidine rings is 3. The molecule has 15 nitrogen and oxygen atoms in total. The molecule has 6 heterocycles. The van der Waals surface area contributed by atoms with E-state index in [0.29, 0.717) is 39.2 Å². The number of anilines is 2. The average Bonchev–Trinajstić information content (AvgIpc) is 3.48. The molecule has 16 heteroatoms. The lowest BCUT2D eigenvalue weighted by atomic mass is 9.70. The van der Waals surface area contributed by atoms with Gasteiger partial charge < -0.3 is 19.9 Å². The van der Waals surface area contributed by atoms with Crippen LogP contribution in [0.5, 0.6) is 5.75 Å². The second-order valence-corrected chi connectivity index (χ2v) is 17.3. The molecule has 1 atom stereocenters. The molecule has 1 unspecified atom stereocenters. The molecule has 4 saturated heterocycles. The smallest absolute Gasteiger partial charge is 0.272 e. The number of aromatic nitrogens is 2. The van der Waals surface area contributed by atoms with Crippen LogP contribution in [0.1, 0.15) is 101 Å². The fourth-order valence-electron chi connectivity index (χ4n) is 9.80. The highest BCUT2D eigenvalue weighted by Crippen LogP contribution is 2.44. The van der Waals surface area contributed by atoms with Gasteiger partial charge in [-0.3, -0.25) is 39.1 Å². The van der Waals surface area contributed by atoms with Crippen molar-refractivity contribution >= 4 is 52.6 Å². The third-order valence-electron chi connectivity index (χ3n) is 13.3. The summed E-state index contributed by atoms with van der Waals surface area (Å²) in [5.41, 5.74) is 2.53. The predicted molar refractivity (Wildman–Crippen MR) is 216 cm³/mol. The van der Waals surface area contributed by atoms with E-state index >= 15 is 0 Å². The monoisotopic (exact) mass is 819 g/mol. The number of carbonyl (C=O) groups is 5. The van der Waals surface area contributed by atoms with Crippen LogP contribution in [0.2, 0.25) is 5.02 Å². The molecule has 1 spiro atoms. The number of halogens is 1. The molecule has 9 rings (SSSR count). The number of rotatable bonds is 8. The highest BCUT2D eigenvalue weighted by molar-refractivity contribution is 6.31. The van der Waals surface area contributed by atoms with E-state index in [9.17, 15) is 24.0 Å². The van der Waals surface area contributed by atoms with Crippen molar-refractivity contribution in [3.63, 3.8) is 0 Å². The van der Waals surface area contributed by atoms with Crippen LogP contribution in [0.15, 0.2) is 48.5 Å². The number of fused-ring (bicyclic) bond motifs is 1. The van der Waals surface area contributed by atoms with Crippen LogP contribution in [-0.4, -0.2) is 113 Å². The molecule has 2 N–H and O–H groups in total. The molecule has 5 fully saturated rings. The largest absolute Gasteiger partial charge is 0.490 e. The SMILES string of the molecule is N#Cc1ccc(O[C@H]2CC[C@H](NC(=O)c3ccc(N4CCC(N5CC6(CCN(c7ccc8c(c7)C(=O)N(C7CCC(=O)NC7=O)C8=O)CC6)C5)CC4)nn3)CC2)cc1Cl. The molecule has 3 aromatic rings. The molecule has 1 aliphatic carbocycles. The minimum absolute atomic E-state index is 0.0215. The van der Waals surface area contributed by atoms with Crippen molar-refractivity contribution < 1.29 is 28.7 Å². The number of amides is 5. The highest BCUT2D eigenvalue weighted by atomic mass is 35.5. The van der Waals surface area contributed by atoms with E-state index in [4.69, 9.17) is 21.6 Å². The highest BCUT2D eigenvalue weighted by Gasteiger charge is 2.48. The number of nitriles is 1. The summed E-state index contributed by atoms with van der Waals surface area (Å²) in [6.07, 6.45) is 7.59. The van der Waals surface area contributed by atoms with E-state index in [1.165, 1.54) is 0 Å². The summed E-state index contributed by atoms with van der Waals surface area (Å²) in [6, 6.07) is 15.8. The molecule has 1 aromatic heterocycles. The number of likely N-dealkylation sites (tertiary alicyclic amines) is 1. The standard InChI is InChI=1S/C43H46ClN9O6/c44-34-22-31(5-1-26(34)23-45)59-30-6-2-27(3-7-30)46-39(55)35-9-11-37(49-48-35)51-17-13-28(14-18-51)52-24-43(25-52)15-19-50(20-16-43)29-4-8-32-33(21-29)42(58)53(41(32)57)36-10-12-38(54)47-40(36)56/h1,4-5,8-9,11,21-22,27-28,30,36H,2-3,6-7,10,12-20,24-25H2,(H,46,55)(H,47,54,56)/t27-,30-,36?. The lowest BCUT2D eigenvalue weighted by molar-refractivity contribution is -0.136. The van der Waals surface area contributed by atoms with Gasteiger partial charge in [0.15, 0.2) is 11.5 Å². The molecule has 306 valence electrons. The molecule has 6 aliphatic rings. The Hall–Kier alpha value is -5.59. The van der Waals surface area contributed by atoms with Crippen LogP contribution in [0.3, 0.4) is 0 Å². The topological polar surface area (TPSA) is 181 Å². The lowest BCUT2D eigenvalue weighted by Crippen LogP contribution is -2.64. The zero-order valence-corrected chi connectivity index (χ0v) is 33.5. The molecule has 59 heavy (non-hydrogen) atoms. The van der Waals surface area contributed by atoms with Crippen molar-refractivity contribution in [3.05, 3.63) is 75.9 Å². The molecule has 5 amide bonds. The van der Waals surface area contributed by atoms with Gasteiger partial charge in [-0.25, -0.2) is 0 Å². The first kappa shape index (κ1) is 38.9. The summed E-state index contributed by atoms with van der Waals surface area (Å²) in [6.45, 7) is 5.64.